The second-order valence-corrected chi connectivity index (χ2v) is 4.98. The van der Waals surface area contributed by atoms with Crippen molar-refractivity contribution >= 4 is 11.3 Å². The molecule has 0 spiro atoms. The summed E-state index contributed by atoms with van der Waals surface area (Å²) in [5.74, 6) is 1.42. The lowest BCUT2D eigenvalue weighted by Gasteiger charge is -2.33. The van der Waals surface area contributed by atoms with Gasteiger partial charge in [-0.2, -0.15) is 0 Å². The molecule has 1 heterocycles. The van der Waals surface area contributed by atoms with Crippen LogP contribution in [-0.4, -0.2) is 11.0 Å². The Labute approximate surface area is 89.5 Å². The van der Waals surface area contributed by atoms with Gasteiger partial charge in [0.2, 0.25) is 0 Å². The summed E-state index contributed by atoms with van der Waals surface area (Å²) in [5, 5.41) is 2.19. The molecule has 1 aliphatic rings. The molecule has 1 saturated carbocycles. The van der Waals surface area contributed by atoms with Crippen LogP contribution in [0.25, 0.3) is 0 Å². The van der Waals surface area contributed by atoms with Gasteiger partial charge in [0.1, 0.15) is 0 Å². The quantitative estimate of drug-likeness (QED) is 0.815. The summed E-state index contributed by atoms with van der Waals surface area (Å²) in [4.78, 5) is 4.44. The predicted molar refractivity (Wildman–Crippen MR) is 60.5 cm³/mol. The van der Waals surface area contributed by atoms with E-state index >= 15 is 0 Å². The van der Waals surface area contributed by atoms with Crippen LogP contribution in [-0.2, 0) is 0 Å². The van der Waals surface area contributed by atoms with Gasteiger partial charge < -0.3 is 5.73 Å². The first-order chi connectivity index (χ1) is 6.81. The Morgan fingerprint density at radius 2 is 2.43 bits per heavy atom. The second kappa shape index (κ2) is 4.41. The lowest BCUT2D eigenvalue weighted by atomic mass is 9.74. The zero-order valence-electron chi connectivity index (χ0n) is 8.65. The van der Waals surface area contributed by atoms with Gasteiger partial charge in [0.15, 0.2) is 0 Å². The van der Waals surface area contributed by atoms with Crippen molar-refractivity contribution in [3.63, 3.8) is 0 Å². The summed E-state index contributed by atoms with van der Waals surface area (Å²) in [6, 6.07) is 0.393. The molecule has 1 aliphatic carbocycles. The van der Waals surface area contributed by atoms with Crippen LogP contribution >= 0.6 is 11.3 Å². The van der Waals surface area contributed by atoms with Crippen LogP contribution in [0.1, 0.15) is 44.2 Å². The van der Waals surface area contributed by atoms with Gasteiger partial charge in [-0.1, -0.05) is 13.3 Å². The van der Waals surface area contributed by atoms with Crippen LogP contribution in [0.2, 0.25) is 0 Å². The highest BCUT2D eigenvalue weighted by Gasteiger charge is 2.29. The molecule has 3 unspecified atom stereocenters. The fourth-order valence-electron chi connectivity index (χ4n) is 2.52. The Hall–Kier alpha value is -0.410. The number of rotatable bonds is 2. The highest BCUT2D eigenvalue weighted by atomic mass is 32.1. The molecular weight excluding hydrogens is 192 g/mol. The number of hydrogen-bond donors (Lipinski definition) is 1. The number of nitrogens with zero attached hydrogens (tertiary/aromatic N) is 1. The van der Waals surface area contributed by atoms with Crippen molar-refractivity contribution in [1.29, 1.82) is 0 Å². The van der Waals surface area contributed by atoms with Crippen LogP contribution in [0.5, 0.6) is 0 Å². The molecule has 3 heteroatoms. The number of aromatic nitrogens is 1. The minimum Gasteiger partial charge on any atom is -0.328 e. The monoisotopic (exact) mass is 210 g/mol. The van der Waals surface area contributed by atoms with Crippen LogP contribution in [0.4, 0.5) is 0 Å². The van der Waals surface area contributed by atoms with Crippen molar-refractivity contribution in [1.82, 2.24) is 4.98 Å². The van der Waals surface area contributed by atoms with Crippen molar-refractivity contribution in [3.05, 3.63) is 16.6 Å². The molecule has 0 saturated heterocycles. The molecule has 78 valence electrons. The zero-order valence-corrected chi connectivity index (χ0v) is 9.46. The van der Waals surface area contributed by atoms with E-state index in [0.29, 0.717) is 12.0 Å². The summed E-state index contributed by atoms with van der Waals surface area (Å²) in [6.07, 6.45) is 4.86. The SMILES string of the molecule is CCC1CCC(N)CC1c1cscn1. The lowest BCUT2D eigenvalue weighted by Crippen LogP contribution is -2.32. The van der Waals surface area contributed by atoms with E-state index in [4.69, 9.17) is 5.73 Å². The molecule has 2 N–H and O–H groups in total. The van der Waals surface area contributed by atoms with E-state index in [2.05, 4.69) is 17.3 Å². The second-order valence-electron chi connectivity index (χ2n) is 4.26. The van der Waals surface area contributed by atoms with Gasteiger partial charge in [0.25, 0.3) is 0 Å². The van der Waals surface area contributed by atoms with Gasteiger partial charge in [0.05, 0.1) is 11.2 Å². The van der Waals surface area contributed by atoms with Gasteiger partial charge in [-0.25, -0.2) is 4.98 Å². The summed E-state index contributed by atoms with van der Waals surface area (Å²) >= 11 is 1.70. The predicted octanol–water partition coefficient (Wildman–Crippen LogP) is 2.76. The van der Waals surface area contributed by atoms with Crippen molar-refractivity contribution in [2.75, 3.05) is 0 Å². The molecule has 2 nitrogen and oxygen atoms in total. The average molecular weight is 210 g/mol. The molecule has 0 bridgehead atoms. The smallest absolute Gasteiger partial charge is 0.0794 e. The van der Waals surface area contributed by atoms with Gasteiger partial charge in [-0.05, 0) is 25.2 Å². The standard InChI is InChI=1S/C11H18N2S/c1-2-8-3-4-9(12)5-10(8)11-6-14-7-13-11/h6-10H,2-5,12H2,1H3. The first kappa shape index (κ1) is 10.1. The number of nitrogens with two attached hydrogens (primary N) is 1. The molecule has 3 atom stereocenters. The zero-order chi connectivity index (χ0) is 9.97. The normalized spacial score (nSPS) is 33.1. The molecule has 0 aliphatic heterocycles. The molecule has 1 aromatic heterocycles. The molecule has 1 aromatic rings. The average Bonchev–Trinajstić information content (AvgIpc) is 2.70. The van der Waals surface area contributed by atoms with E-state index in [0.717, 1.165) is 12.3 Å². The van der Waals surface area contributed by atoms with E-state index < -0.39 is 0 Å². The number of thiazole rings is 1. The minimum atomic E-state index is 0.393. The first-order valence-electron chi connectivity index (χ1n) is 5.45. The molecule has 2 rings (SSSR count). The largest absolute Gasteiger partial charge is 0.328 e. The van der Waals surface area contributed by atoms with Crippen LogP contribution < -0.4 is 5.73 Å². The maximum Gasteiger partial charge on any atom is 0.0794 e. The van der Waals surface area contributed by atoms with Gasteiger partial charge in [0, 0.05) is 17.3 Å². The molecule has 1 fully saturated rings. The van der Waals surface area contributed by atoms with Crippen LogP contribution in [0.15, 0.2) is 10.9 Å². The van der Waals surface area contributed by atoms with Crippen molar-refractivity contribution in [2.45, 2.75) is 44.6 Å². The summed E-state index contributed by atoms with van der Waals surface area (Å²) in [6.45, 7) is 2.28. The molecule has 14 heavy (non-hydrogen) atoms. The van der Waals surface area contributed by atoms with Gasteiger partial charge in [-0.3, -0.25) is 0 Å². The topological polar surface area (TPSA) is 38.9 Å². The van der Waals surface area contributed by atoms with Gasteiger partial charge >= 0.3 is 0 Å². The Morgan fingerprint density at radius 3 is 3.07 bits per heavy atom. The maximum absolute atomic E-state index is 6.02. The highest BCUT2D eigenvalue weighted by molar-refractivity contribution is 7.07. The molecule has 0 aromatic carbocycles. The lowest BCUT2D eigenvalue weighted by molar-refractivity contribution is 0.270. The van der Waals surface area contributed by atoms with E-state index in [1.807, 2.05) is 5.51 Å². The van der Waals surface area contributed by atoms with Crippen molar-refractivity contribution < 1.29 is 0 Å². The van der Waals surface area contributed by atoms with Crippen molar-refractivity contribution in [3.8, 4) is 0 Å². The van der Waals surface area contributed by atoms with Crippen LogP contribution in [0.3, 0.4) is 0 Å². The summed E-state index contributed by atoms with van der Waals surface area (Å²) in [5.41, 5.74) is 9.23. The highest BCUT2D eigenvalue weighted by Crippen LogP contribution is 2.38. The fourth-order valence-corrected chi connectivity index (χ4v) is 3.14. The Morgan fingerprint density at radius 1 is 1.57 bits per heavy atom. The first-order valence-corrected chi connectivity index (χ1v) is 6.39. The summed E-state index contributed by atoms with van der Waals surface area (Å²) < 4.78 is 0. The van der Waals surface area contributed by atoms with E-state index in [1.54, 1.807) is 11.3 Å². The van der Waals surface area contributed by atoms with Gasteiger partial charge in [-0.15, -0.1) is 11.3 Å². The van der Waals surface area contributed by atoms with Crippen molar-refractivity contribution in [2.24, 2.45) is 11.7 Å². The van der Waals surface area contributed by atoms with E-state index in [9.17, 15) is 0 Å². The summed E-state index contributed by atoms with van der Waals surface area (Å²) in [7, 11) is 0. The third kappa shape index (κ3) is 1.98. The third-order valence-electron chi connectivity index (χ3n) is 3.39. The Kier molecular flexibility index (Phi) is 3.19. The minimum absolute atomic E-state index is 0.393. The van der Waals surface area contributed by atoms with E-state index in [-0.39, 0.29) is 0 Å². The third-order valence-corrected chi connectivity index (χ3v) is 3.99. The number of hydrogen-bond acceptors (Lipinski definition) is 3. The fraction of sp³-hybridized carbons (Fsp3) is 0.727. The molecule has 0 amide bonds. The maximum atomic E-state index is 6.02. The molecular formula is C11H18N2S. The van der Waals surface area contributed by atoms with Crippen LogP contribution in [0, 0.1) is 5.92 Å². The Balaban J connectivity index is 2.13. The Bertz CT molecular complexity index is 271. The van der Waals surface area contributed by atoms with E-state index in [1.165, 1.54) is 25.0 Å². The molecule has 0 radical (unpaired) electrons.